The maximum absolute atomic E-state index is 5.70. The molecule has 0 amide bonds. The summed E-state index contributed by atoms with van der Waals surface area (Å²) in [6.07, 6.45) is 1.74. The highest BCUT2D eigenvalue weighted by molar-refractivity contribution is 9.10. The van der Waals surface area contributed by atoms with Gasteiger partial charge < -0.3 is 4.74 Å². The Balaban J connectivity index is 2.05. The molecule has 2 aromatic carbocycles. The molecule has 2 aromatic rings. The number of benzene rings is 2. The first-order valence-electron chi connectivity index (χ1n) is 6.65. The van der Waals surface area contributed by atoms with E-state index in [2.05, 4.69) is 61.6 Å². The standard InChI is InChI=1S/C16H18Br2N2O/c1-21-16-7-4-12(10-15(16)18)9-14(20-19)8-11-2-5-13(17)6-3-11/h2-7,10,14,20H,8-9,19H2,1H3. The molecule has 1 atom stereocenters. The third kappa shape index (κ3) is 4.81. The Kier molecular flexibility index (Phi) is 6.23. The first-order chi connectivity index (χ1) is 10.1. The lowest BCUT2D eigenvalue weighted by molar-refractivity contribution is 0.412. The largest absolute Gasteiger partial charge is 0.496 e. The predicted octanol–water partition coefficient (Wildman–Crippen LogP) is 3.84. The molecule has 0 aliphatic carbocycles. The molecular formula is C16H18Br2N2O. The van der Waals surface area contributed by atoms with E-state index in [1.54, 1.807) is 7.11 Å². The molecule has 0 saturated heterocycles. The van der Waals surface area contributed by atoms with Crippen LogP contribution in [-0.2, 0) is 12.8 Å². The van der Waals surface area contributed by atoms with Gasteiger partial charge in [0.25, 0.3) is 0 Å². The molecule has 0 aliphatic heterocycles. The summed E-state index contributed by atoms with van der Waals surface area (Å²) < 4.78 is 7.29. The third-order valence-corrected chi connectivity index (χ3v) is 4.48. The molecule has 0 bridgehead atoms. The van der Waals surface area contributed by atoms with Crippen molar-refractivity contribution in [2.24, 2.45) is 5.84 Å². The van der Waals surface area contributed by atoms with Crippen LogP contribution < -0.4 is 16.0 Å². The number of methoxy groups -OCH3 is 1. The number of ether oxygens (including phenoxy) is 1. The van der Waals surface area contributed by atoms with Gasteiger partial charge >= 0.3 is 0 Å². The van der Waals surface area contributed by atoms with Gasteiger partial charge in [0.15, 0.2) is 0 Å². The molecule has 3 N–H and O–H groups in total. The summed E-state index contributed by atoms with van der Waals surface area (Å²) in [5.74, 6) is 6.53. The van der Waals surface area contributed by atoms with Crippen LogP contribution in [0.2, 0.25) is 0 Å². The maximum atomic E-state index is 5.70. The molecular weight excluding hydrogens is 396 g/mol. The topological polar surface area (TPSA) is 47.3 Å². The fourth-order valence-electron chi connectivity index (χ4n) is 2.22. The summed E-state index contributed by atoms with van der Waals surface area (Å²) in [6, 6.07) is 14.6. The second-order valence-corrected chi connectivity index (χ2v) is 6.64. The Labute approximate surface area is 142 Å². The van der Waals surface area contributed by atoms with Crippen molar-refractivity contribution < 1.29 is 4.74 Å². The smallest absolute Gasteiger partial charge is 0.133 e. The maximum Gasteiger partial charge on any atom is 0.133 e. The van der Waals surface area contributed by atoms with Crippen LogP contribution in [-0.4, -0.2) is 13.2 Å². The van der Waals surface area contributed by atoms with Gasteiger partial charge in [0.1, 0.15) is 5.75 Å². The number of hydrogen-bond donors (Lipinski definition) is 2. The summed E-state index contributed by atoms with van der Waals surface area (Å²) in [7, 11) is 1.66. The first kappa shape index (κ1) is 16.5. The van der Waals surface area contributed by atoms with Crippen molar-refractivity contribution in [1.82, 2.24) is 5.43 Å². The highest BCUT2D eigenvalue weighted by Crippen LogP contribution is 2.26. The quantitative estimate of drug-likeness (QED) is 0.558. The van der Waals surface area contributed by atoms with Crippen LogP contribution in [0.15, 0.2) is 51.4 Å². The van der Waals surface area contributed by atoms with Crippen LogP contribution in [0, 0.1) is 0 Å². The van der Waals surface area contributed by atoms with Crippen molar-refractivity contribution in [3.63, 3.8) is 0 Å². The van der Waals surface area contributed by atoms with Crippen molar-refractivity contribution in [1.29, 1.82) is 0 Å². The van der Waals surface area contributed by atoms with Gasteiger partial charge in [0, 0.05) is 10.5 Å². The molecule has 0 radical (unpaired) electrons. The van der Waals surface area contributed by atoms with Crippen LogP contribution in [0.3, 0.4) is 0 Å². The Morgan fingerprint density at radius 1 is 1.05 bits per heavy atom. The van der Waals surface area contributed by atoms with Crippen molar-refractivity contribution >= 4 is 31.9 Å². The fraction of sp³-hybridized carbons (Fsp3) is 0.250. The molecule has 3 nitrogen and oxygen atoms in total. The van der Waals surface area contributed by atoms with Crippen molar-refractivity contribution in [3.8, 4) is 5.75 Å². The molecule has 0 aliphatic rings. The molecule has 0 heterocycles. The van der Waals surface area contributed by atoms with E-state index >= 15 is 0 Å². The summed E-state index contributed by atoms with van der Waals surface area (Å²) in [5.41, 5.74) is 5.37. The van der Waals surface area contributed by atoms with E-state index in [1.165, 1.54) is 11.1 Å². The fourth-order valence-corrected chi connectivity index (χ4v) is 3.07. The minimum atomic E-state index is 0.187. The van der Waals surface area contributed by atoms with Crippen molar-refractivity contribution in [2.45, 2.75) is 18.9 Å². The lowest BCUT2D eigenvalue weighted by Gasteiger charge is -2.17. The van der Waals surface area contributed by atoms with Gasteiger partial charge in [-0.2, -0.15) is 0 Å². The van der Waals surface area contributed by atoms with Gasteiger partial charge in [0.05, 0.1) is 11.6 Å². The van der Waals surface area contributed by atoms with Crippen LogP contribution in [0.4, 0.5) is 0 Å². The van der Waals surface area contributed by atoms with Gasteiger partial charge in [-0.15, -0.1) is 0 Å². The van der Waals surface area contributed by atoms with Gasteiger partial charge in [-0.05, 0) is 64.2 Å². The number of hydrogen-bond acceptors (Lipinski definition) is 3. The van der Waals surface area contributed by atoms with Crippen LogP contribution in [0.25, 0.3) is 0 Å². The van der Waals surface area contributed by atoms with Crippen LogP contribution in [0.5, 0.6) is 5.75 Å². The van der Waals surface area contributed by atoms with E-state index in [-0.39, 0.29) is 6.04 Å². The molecule has 21 heavy (non-hydrogen) atoms. The van der Waals surface area contributed by atoms with Gasteiger partial charge in [-0.3, -0.25) is 11.3 Å². The Morgan fingerprint density at radius 2 is 1.67 bits per heavy atom. The van der Waals surface area contributed by atoms with E-state index in [1.807, 2.05) is 18.2 Å². The second kappa shape index (κ2) is 7.94. The number of nitrogens with two attached hydrogens (primary N) is 1. The Hall–Kier alpha value is -0.880. The third-order valence-electron chi connectivity index (χ3n) is 3.33. The number of rotatable bonds is 6. The average Bonchev–Trinajstić information content (AvgIpc) is 2.49. The minimum Gasteiger partial charge on any atom is -0.496 e. The summed E-state index contributed by atoms with van der Waals surface area (Å²) in [4.78, 5) is 0. The average molecular weight is 414 g/mol. The summed E-state index contributed by atoms with van der Waals surface area (Å²) in [5, 5.41) is 0. The van der Waals surface area contributed by atoms with Crippen molar-refractivity contribution in [3.05, 3.63) is 62.5 Å². The summed E-state index contributed by atoms with van der Waals surface area (Å²) in [6.45, 7) is 0. The molecule has 0 saturated carbocycles. The summed E-state index contributed by atoms with van der Waals surface area (Å²) >= 11 is 6.96. The van der Waals surface area contributed by atoms with E-state index in [4.69, 9.17) is 10.6 Å². The lowest BCUT2D eigenvalue weighted by atomic mass is 9.99. The van der Waals surface area contributed by atoms with Gasteiger partial charge in [-0.25, -0.2) is 0 Å². The zero-order valence-electron chi connectivity index (χ0n) is 11.8. The number of nitrogens with one attached hydrogen (secondary N) is 1. The monoisotopic (exact) mass is 412 g/mol. The highest BCUT2D eigenvalue weighted by Gasteiger charge is 2.10. The molecule has 2 rings (SSSR count). The molecule has 5 heteroatoms. The van der Waals surface area contributed by atoms with E-state index in [9.17, 15) is 0 Å². The first-order valence-corrected chi connectivity index (χ1v) is 8.24. The molecule has 0 aromatic heterocycles. The van der Waals surface area contributed by atoms with E-state index in [0.29, 0.717) is 0 Å². The molecule has 0 spiro atoms. The van der Waals surface area contributed by atoms with Crippen molar-refractivity contribution in [2.75, 3.05) is 7.11 Å². The molecule has 0 fully saturated rings. The molecule has 112 valence electrons. The highest BCUT2D eigenvalue weighted by atomic mass is 79.9. The van der Waals surface area contributed by atoms with Gasteiger partial charge in [-0.1, -0.05) is 34.1 Å². The van der Waals surface area contributed by atoms with E-state index in [0.717, 1.165) is 27.5 Å². The SMILES string of the molecule is COc1ccc(CC(Cc2ccc(Br)cc2)NN)cc1Br. The zero-order chi connectivity index (χ0) is 15.2. The second-order valence-electron chi connectivity index (χ2n) is 4.87. The zero-order valence-corrected chi connectivity index (χ0v) is 14.9. The van der Waals surface area contributed by atoms with Crippen LogP contribution >= 0.6 is 31.9 Å². The number of halogens is 2. The van der Waals surface area contributed by atoms with Gasteiger partial charge in [0.2, 0.25) is 0 Å². The molecule has 1 unspecified atom stereocenters. The normalized spacial score (nSPS) is 12.2. The Morgan fingerprint density at radius 3 is 2.24 bits per heavy atom. The number of hydrazine groups is 1. The lowest BCUT2D eigenvalue weighted by Crippen LogP contribution is -2.38. The predicted molar refractivity (Wildman–Crippen MR) is 93.4 cm³/mol. The van der Waals surface area contributed by atoms with Crippen LogP contribution in [0.1, 0.15) is 11.1 Å². The minimum absolute atomic E-state index is 0.187. The Bertz CT molecular complexity index is 587. The van der Waals surface area contributed by atoms with E-state index < -0.39 is 0 Å².